The molecule has 17 heavy (non-hydrogen) atoms. The number of fused-ring (bicyclic) bond motifs is 1. The van der Waals surface area contributed by atoms with E-state index < -0.39 is 0 Å². The van der Waals surface area contributed by atoms with E-state index in [0.717, 1.165) is 24.3 Å². The molecule has 0 bridgehead atoms. The fourth-order valence-electron chi connectivity index (χ4n) is 2.10. The highest BCUT2D eigenvalue weighted by Gasteiger charge is 2.14. The molecule has 5 nitrogen and oxygen atoms in total. The first kappa shape index (κ1) is 12.0. The maximum absolute atomic E-state index is 5.80. The van der Waals surface area contributed by atoms with E-state index in [2.05, 4.69) is 29.1 Å². The molecule has 2 aromatic rings. The minimum atomic E-state index is 0.449. The molecule has 0 fully saturated rings. The molecule has 0 radical (unpaired) electrons. The van der Waals surface area contributed by atoms with Crippen LogP contribution in [0.2, 0.25) is 0 Å². The third kappa shape index (κ3) is 2.79. The maximum Gasteiger partial charge on any atom is 0.177 e. The molecule has 0 aliphatic heterocycles. The Morgan fingerprint density at radius 1 is 1.35 bits per heavy atom. The third-order valence-corrected chi connectivity index (χ3v) is 2.85. The Bertz CT molecular complexity index is 476. The smallest absolute Gasteiger partial charge is 0.177 e. The predicted molar refractivity (Wildman–Crippen MR) is 66.5 cm³/mol. The van der Waals surface area contributed by atoms with Crippen LogP contribution >= 0.6 is 0 Å². The number of rotatable bonds is 5. The van der Waals surface area contributed by atoms with Gasteiger partial charge in [-0.25, -0.2) is 0 Å². The molecule has 1 atom stereocenters. The lowest BCUT2D eigenvalue weighted by atomic mass is 9.94. The second-order valence-corrected chi connectivity index (χ2v) is 4.85. The average molecular weight is 233 g/mol. The number of nitrogens with zero attached hydrogens (tertiary/aromatic N) is 4. The Labute approximate surface area is 101 Å². The Morgan fingerprint density at radius 2 is 2.18 bits per heavy atom. The topological polar surface area (TPSA) is 69.1 Å². The molecule has 5 heteroatoms. The van der Waals surface area contributed by atoms with Crippen molar-refractivity contribution in [2.24, 2.45) is 17.6 Å². The Kier molecular flexibility index (Phi) is 3.68. The van der Waals surface area contributed by atoms with Crippen LogP contribution in [0.4, 0.5) is 0 Å². The summed E-state index contributed by atoms with van der Waals surface area (Å²) in [4.78, 5) is 0. The molecule has 2 rings (SSSR count). The van der Waals surface area contributed by atoms with E-state index in [1.54, 1.807) is 10.7 Å². The fraction of sp³-hybridized carbons (Fsp3) is 0.583. The molecule has 2 heterocycles. The van der Waals surface area contributed by atoms with Crippen molar-refractivity contribution in [1.82, 2.24) is 19.8 Å². The van der Waals surface area contributed by atoms with Crippen LogP contribution in [0, 0.1) is 11.8 Å². The standard InChI is InChI=1S/C12H19N5/c1-9(2)6-10(8-13)7-12-16-15-11-4-3-5-14-17(11)12/h3-5,9-10H,6-8,13H2,1-2H3. The second-order valence-electron chi connectivity index (χ2n) is 4.85. The van der Waals surface area contributed by atoms with E-state index in [-0.39, 0.29) is 0 Å². The predicted octanol–water partition coefficient (Wildman–Crippen LogP) is 1.29. The Balaban J connectivity index is 2.16. The Hall–Kier alpha value is -1.49. The van der Waals surface area contributed by atoms with Gasteiger partial charge in [0.25, 0.3) is 0 Å². The molecule has 0 aliphatic carbocycles. The number of nitrogens with two attached hydrogens (primary N) is 1. The number of hydrogen-bond acceptors (Lipinski definition) is 4. The van der Waals surface area contributed by atoms with Crippen molar-refractivity contribution in [2.75, 3.05) is 6.54 Å². The third-order valence-electron chi connectivity index (χ3n) is 2.85. The largest absolute Gasteiger partial charge is 0.330 e. The van der Waals surface area contributed by atoms with Crippen molar-refractivity contribution >= 4 is 5.65 Å². The fourth-order valence-corrected chi connectivity index (χ4v) is 2.10. The van der Waals surface area contributed by atoms with Gasteiger partial charge in [-0.15, -0.1) is 10.2 Å². The average Bonchev–Trinajstić information content (AvgIpc) is 2.71. The van der Waals surface area contributed by atoms with Gasteiger partial charge in [0.05, 0.1) is 0 Å². The molecule has 2 aromatic heterocycles. The van der Waals surface area contributed by atoms with Crippen LogP contribution in [0.25, 0.3) is 5.65 Å². The first-order valence-corrected chi connectivity index (χ1v) is 6.06. The van der Waals surface area contributed by atoms with Gasteiger partial charge < -0.3 is 5.73 Å². The van der Waals surface area contributed by atoms with Crippen molar-refractivity contribution < 1.29 is 0 Å². The molecule has 1 unspecified atom stereocenters. The highest BCUT2D eigenvalue weighted by Crippen LogP contribution is 2.15. The highest BCUT2D eigenvalue weighted by molar-refractivity contribution is 5.34. The van der Waals surface area contributed by atoms with Crippen LogP contribution in [-0.4, -0.2) is 26.4 Å². The van der Waals surface area contributed by atoms with Crippen molar-refractivity contribution in [2.45, 2.75) is 26.7 Å². The zero-order chi connectivity index (χ0) is 12.3. The maximum atomic E-state index is 5.80. The number of aromatic nitrogens is 4. The van der Waals surface area contributed by atoms with Gasteiger partial charge in [0.15, 0.2) is 11.5 Å². The molecule has 2 N–H and O–H groups in total. The molecule has 92 valence electrons. The van der Waals surface area contributed by atoms with Gasteiger partial charge in [-0.2, -0.15) is 9.61 Å². The summed E-state index contributed by atoms with van der Waals surface area (Å²) < 4.78 is 1.79. The lowest BCUT2D eigenvalue weighted by Gasteiger charge is -2.15. The minimum absolute atomic E-state index is 0.449. The quantitative estimate of drug-likeness (QED) is 0.844. The van der Waals surface area contributed by atoms with E-state index in [1.165, 1.54) is 0 Å². The van der Waals surface area contributed by atoms with Gasteiger partial charge in [-0.05, 0) is 36.9 Å². The summed E-state index contributed by atoms with van der Waals surface area (Å²) in [6.45, 7) is 5.10. The summed E-state index contributed by atoms with van der Waals surface area (Å²) >= 11 is 0. The summed E-state index contributed by atoms with van der Waals surface area (Å²) in [5.74, 6) is 2.00. The molecular formula is C12H19N5. The molecule has 0 aromatic carbocycles. The molecule has 0 saturated carbocycles. The minimum Gasteiger partial charge on any atom is -0.330 e. The van der Waals surface area contributed by atoms with Gasteiger partial charge in [-0.3, -0.25) is 0 Å². The highest BCUT2D eigenvalue weighted by atomic mass is 15.4. The van der Waals surface area contributed by atoms with Crippen LogP contribution in [0.5, 0.6) is 0 Å². The van der Waals surface area contributed by atoms with Crippen molar-refractivity contribution in [3.8, 4) is 0 Å². The van der Waals surface area contributed by atoms with Gasteiger partial charge >= 0.3 is 0 Å². The monoisotopic (exact) mass is 233 g/mol. The van der Waals surface area contributed by atoms with Crippen molar-refractivity contribution in [3.05, 3.63) is 24.2 Å². The van der Waals surface area contributed by atoms with E-state index in [0.29, 0.717) is 18.4 Å². The summed E-state index contributed by atoms with van der Waals surface area (Å²) in [5.41, 5.74) is 6.60. The lowest BCUT2D eigenvalue weighted by Crippen LogP contribution is -2.20. The van der Waals surface area contributed by atoms with Crippen molar-refractivity contribution in [3.63, 3.8) is 0 Å². The lowest BCUT2D eigenvalue weighted by molar-refractivity contribution is 0.406. The van der Waals surface area contributed by atoms with Crippen LogP contribution in [0.3, 0.4) is 0 Å². The normalized spacial score (nSPS) is 13.4. The van der Waals surface area contributed by atoms with E-state index >= 15 is 0 Å². The van der Waals surface area contributed by atoms with E-state index in [1.807, 2.05) is 12.1 Å². The second kappa shape index (κ2) is 5.23. The molecule has 0 spiro atoms. The van der Waals surface area contributed by atoms with Gasteiger partial charge in [0, 0.05) is 12.6 Å². The summed E-state index contributed by atoms with van der Waals surface area (Å²) in [5, 5.41) is 12.5. The SMILES string of the molecule is CC(C)CC(CN)Cc1nnc2cccnn12. The molecule has 0 saturated heterocycles. The van der Waals surface area contributed by atoms with Gasteiger partial charge in [0.2, 0.25) is 0 Å². The van der Waals surface area contributed by atoms with E-state index in [4.69, 9.17) is 5.73 Å². The molecule has 0 aliphatic rings. The molecule has 0 amide bonds. The van der Waals surface area contributed by atoms with Crippen molar-refractivity contribution in [1.29, 1.82) is 0 Å². The summed E-state index contributed by atoms with van der Waals surface area (Å²) in [6.07, 6.45) is 3.70. The van der Waals surface area contributed by atoms with Crippen LogP contribution in [0.15, 0.2) is 18.3 Å². The molecular weight excluding hydrogens is 214 g/mol. The first-order chi connectivity index (χ1) is 8.20. The van der Waals surface area contributed by atoms with Gasteiger partial charge in [-0.1, -0.05) is 13.8 Å². The van der Waals surface area contributed by atoms with E-state index in [9.17, 15) is 0 Å². The van der Waals surface area contributed by atoms with Crippen LogP contribution in [-0.2, 0) is 6.42 Å². The summed E-state index contributed by atoms with van der Waals surface area (Å²) in [7, 11) is 0. The Morgan fingerprint density at radius 3 is 2.88 bits per heavy atom. The zero-order valence-electron chi connectivity index (χ0n) is 10.4. The van der Waals surface area contributed by atoms with Crippen LogP contribution < -0.4 is 5.73 Å². The first-order valence-electron chi connectivity index (χ1n) is 6.06. The van der Waals surface area contributed by atoms with Gasteiger partial charge in [0.1, 0.15) is 0 Å². The number of hydrogen-bond donors (Lipinski definition) is 1. The summed E-state index contributed by atoms with van der Waals surface area (Å²) in [6, 6.07) is 3.77. The van der Waals surface area contributed by atoms with Crippen LogP contribution in [0.1, 0.15) is 26.1 Å². The zero-order valence-corrected chi connectivity index (χ0v) is 10.4.